The average Bonchev–Trinajstić information content (AvgIpc) is 2.74. The highest BCUT2D eigenvalue weighted by atomic mass is 19.1. The number of para-hydroxylation sites is 1. The highest BCUT2D eigenvalue weighted by Crippen LogP contribution is 2.11. The lowest BCUT2D eigenvalue weighted by atomic mass is 10.2. The van der Waals surface area contributed by atoms with Gasteiger partial charge in [0, 0.05) is 19.5 Å². The molecule has 2 aromatic carbocycles. The summed E-state index contributed by atoms with van der Waals surface area (Å²) in [4.78, 5) is 37.7. The first-order chi connectivity index (χ1) is 14.5. The summed E-state index contributed by atoms with van der Waals surface area (Å²) < 4.78 is 16.3. The summed E-state index contributed by atoms with van der Waals surface area (Å²) in [6.07, 6.45) is 2.36. The normalized spacial score (nSPS) is 11.0. The zero-order chi connectivity index (χ0) is 21.5. The number of nitrogens with one attached hydrogen (secondary N) is 1. The minimum Gasteiger partial charge on any atom is -0.356 e. The lowest BCUT2D eigenvalue weighted by Gasteiger charge is -2.14. The van der Waals surface area contributed by atoms with Gasteiger partial charge in [-0.05, 0) is 49.1 Å². The monoisotopic (exact) mass is 411 g/mol. The Bertz CT molecular complexity index is 1150. The van der Waals surface area contributed by atoms with E-state index in [1.807, 2.05) is 6.92 Å². The second-order valence-electron chi connectivity index (χ2n) is 7.28. The van der Waals surface area contributed by atoms with E-state index in [9.17, 15) is 18.8 Å². The number of halogens is 1. The maximum absolute atomic E-state index is 13.6. The molecule has 0 bridgehead atoms. The van der Waals surface area contributed by atoms with Gasteiger partial charge in [0.2, 0.25) is 5.91 Å². The van der Waals surface area contributed by atoms with Crippen molar-refractivity contribution in [3.8, 4) is 0 Å². The number of amides is 1. The van der Waals surface area contributed by atoms with Crippen molar-refractivity contribution in [3.05, 3.63) is 80.7 Å². The first-order valence-electron chi connectivity index (χ1n) is 10.2. The van der Waals surface area contributed by atoms with Crippen LogP contribution in [0.4, 0.5) is 4.39 Å². The van der Waals surface area contributed by atoms with Crippen LogP contribution >= 0.6 is 0 Å². The second-order valence-corrected chi connectivity index (χ2v) is 7.28. The lowest BCUT2D eigenvalue weighted by Crippen LogP contribution is -2.40. The first-order valence-corrected chi connectivity index (χ1v) is 10.2. The van der Waals surface area contributed by atoms with Crippen molar-refractivity contribution in [1.82, 2.24) is 14.5 Å². The molecule has 0 saturated carbocycles. The summed E-state index contributed by atoms with van der Waals surface area (Å²) >= 11 is 0. The second kappa shape index (κ2) is 10.0. The van der Waals surface area contributed by atoms with Gasteiger partial charge in [-0.25, -0.2) is 9.18 Å². The third-order valence-electron chi connectivity index (χ3n) is 4.97. The van der Waals surface area contributed by atoms with Crippen LogP contribution in [0, 0.1) is 5.82 Å². The number of hydrogen-bond donors (Lipinski definition) is 1. The Labute approximate surface area is 174 Å². The fourth-order valence-electron chi connectivity index (χ4n) is 3.45. The number of rotatable bonds is 9. The molecule has 3 aromatic rings. The smallest absolute Gasteiger partial charge is 0.331 e. The van der Waals surface area contributed by atoms with E-state index in [4.69, 9.17) is 0 Å². The standard InChI is InChI=1S/C23H26FN3O3/c1-2-13-25-21(28)12-5-6-14-26-22(29)19-10-3-4-11-20(19)27(23(26)30)16-17-8-7-9-18(24)15-17/h3-4,7-11,15H,2,5-6,12-14,16H2,1H3,(H,25,28). The predicted octanol–water partition coefficient (Wildman–Crippen LogP) is 3.05. The van der Waals surface area contributed by atoms with Crippen LogP contribution in [0.2, 0.25) is 0 Å². The van der Waals surface area contributed by atoms with Crippen molar-refractivity contribution >= 4 is 16.8 Å². The molecule has 0 saturated heterocycles. The van der Waals surface area contributed by atoms with E-state index in [0.29, 0.717) is 42.3 Å². The maximum atomic E-state index is 13.6. The van der Waals surface area contributed by atoms with Gasteiger partial charge < -0.3 is 5.32 Å². The van der Waals surface area contributed by atoms with Crippen molar-refractivity contribution < 1.29 is 9.18 Å². The summed E-state index contributed by atoms with van der Waals surface area (Å²) in [7, 11) is 0. The molecule has 1 amide bonds. The molecule has 1 heterocycles. The molecule has 1 N–H and O–H groups in total. The Kier molecular flexibility index (Phi) is 7.17. The predicted molar refractivity (Wildman–Crippen MR) is 115 cm³/mol. The fraction of sp³-hybridized carbons (Fsp3) is 0.348. The summed E-state index contributed by atoms with van der Waals surface area (Å²) in [5.74, 6) is -0.397. The topological polar surface area (TPSA) is 73.1 Å². The number of aromatic nitrogens is 2. The number of carbonyl (C=O) groups excluding carboxylic acids is 1. The Morgan fingerprint density at radius 2 is 1.83 bits per heavy atom. The summed E-state index contributed by atoms with van der Waals surface area (Å²) in [6, 6.07) is 13.0. The van der Waals surface area contributed by atoms with E-state index >= 15 is 0 Å². The summed E-state index contributed by atoms with van der Waals surface area (Å²) in [5.41, 5.74) is 0.381. The molecule has 3 rings (SSSR count). The van der Waals surface area contributed by atoms with E-state index in [-0.39, 0.29) is 30.4 Å². The maximum Gasteiger partial charge on any atom is 0.331 e. The van der Waals surface area contributed by atoms with E-state index in [1.165, 1.54) is 21.3 Å². The number of benzene rings is 2. The minimum absolute atomic E-state index is 0.0220. The molecule has 0 fully saturated rings. The van der Waals surface area contributed by atoms with Gasteiger partial charge in [0.05, 0.1) is 17.4 Å². The zero-order valence-electron chi connectivity index (χ0n) is 17.1. The summed E-state index contributed by atoms with van der Waals surface area (Å²) in [6.45, 7) is 3.03. The van der Waals surface area contributed by atoms with Gasteiger partial charge in [-0.2, -0.15) is 0 Å². The van der Waals surface area contributed by atoms with Gasteiger partial charge in [-0.3, -0.25) is 18.7 Å². The molecule has 6 nitrogen and oxygen atoms in total. The van der Waals surface area contributed by atoms with Crippen LogP contribution in [0.25, 0.3) is 10.9 Å². The third-order valence-corrected chi connectivity index (χ3v) is 4.97. The van der Waals surface area contributed by atoms with Gasteiger partial charge in [0.25, 0.3) is 5.56 Å². The number of nitrogens with zero attached hydrogens (tertiary/aromatic N) is 2. The van der Waals surface area contributed by atoms with Gasteiger partial charge in [0.1, 0.15) is 5.82 Å². The molecule has 0 radical (unpaired) electrons. The number of fused-ring (bicyclic) bond motifs is 1. The Morgan fingerprint density at radius 1 is 1.03 bits per heavy atom. The molecule has 0 aliphatic rings. The van der Waals surface area contributed by atoms with Crippen molar-refractivity contribution in [1.29, 1.82) is 0 Å². The van der Waals surface area contributed by atoms with Crippen LogP contribution < -0.4 is 16.6 Å². The van der Waals surface area contributed by atoms with E-state index in [2.05, 4.69) is 5.32 Å². The van der Waals surface area contributed by atoms with Crippen LogP contribution in [-0.4, -0.2) is 21.6 Å². The van der Waals surface area contributed by atoms with Gasteiger partial charge in [-0.1, -0.05) is 31.2 Å². The van der Waals surface area contributed by atoms with Crippen molar-refractivity contribution in [2.24, 2.45) is 0 Å². The molecular formula is C23H26FN3O3. The molecule has 30 heavy (non-hydrogen) atoms. The first kappa shape index (κ1) is 21.5. The number of hydrogen-bond acceptors (Lipinski definition) is 3. The molecule has 0 atom stereocenters. The van der Waals surface area contributed by atoms with Gasteiger partial charge >= 0.3 is 5.69 Å². The van der Waals surface area contributed by atoms with E-state index < -0.39 is 5.69 Å². The summed E-state index contributed by atoms with van der Waals surface area (Å²) in [5, 5.41) is 3.25. The number of carbonyl (C=O) groups is 1. The molecule has 0 unspecified atom stereocenters. The SMILES string of the molecule is CCCNC(=O)CCCCn1c(=O)c2ccccc2n(Cc2cccc(F)c2)c1=O. The quantitative estimate of drug-likeness (QED) is 0.550. The van der Waals surface area contributed by atoms with Crippen LogP contribution in [-0.2, 0) is 17.9 Å². The Hall–Kier alpha value is -3.22. The Morgan fingerprint density at radius 3 is 2.60 bits per heavy atom. The molecule has 7 heteroatoms. The number of unbranched alkanes of at least 4 members (excludes halogenated alkanes) is 1. The highest BCUT2D eigenvalue weighted by molar-refractivity contribution is 5.78. The molecule has 1 aromatic heterocycles. The molecule has 0 aliphatic carbocycles. The van der Waals surface area contributed by atoms with Gasteiger partial charge in [0.15, 0.2) is 0 Å². The minimum atomic E-state index is -0.432. The van der Waals surface area contributed by atoms with Crippen molar-refractivity contribution in [2.45, 2.75) is 45.7 Å². The fourth-order valence-corrected chi connectivity index (χ4v) is 3.45. The van der Waals surface area contributed by atoms with Crippen LogP contribution in [0.5, 0.6) is 0 Å². The Balaban J connectivity index is 1.87. The van der Waals surface area contributed by atoms with E-state index in [1.54, 1.807) is 36.4 Å². The van der Waals surface area contributed by atoms with Crippen LogP contribution in [0.15, 0.2) is 58.1 Å². The molecule has 158 valence electrons. The van der Waals surface area contributed by atoms with Gasteiger partial charge in [-0.15, -0.1) is 0 Å². The molecular weight excluding hydrogens is 385 g/mol. The van der Waals surface area contributed by atoms with Crippen molar-refractivity contribution in [3.63, 3.8) is 0 Å². The van der Waals surface area contributed by atoms with E-state index in [0.717, 1.165) is 6.42 Å². The van der Waals surface area contributed by atoms with Crippen molar-refractivity contribution in [2.75, 3.05) is 6.54 Å². The zero-order valence-corrected chi connectivity index (χ0v) is 17.1. The highest BCUT2D eigenvalue weighted by Gasteiger charge is 2.13. The lowest BCUT2D eigenvalue weighted by molar-refractivity contribution is -0.121. The largest absolute Gasteiger partial charge is 0.356 e. The van der Waals surface area contributed by atoms with Crippen LogP contribution in [0.1, 0.15) is 38.2 Å². The average molecular weight is 411 g/mol. The molecule has 0 aliphatic heterocycles. The van der Waals surface area contributed by atoms with Crippen LogP contribution in [0.3, 0.4) is 0 Å². The molecule has 0 spiro atoms. The third kappa shape index (κ3) is 5.03.